The maximum atomic E-state index is 13.6. The number of esters is 1. The van der Waals surface area contributed by atoms with Gasteiger partial charge in [0.05, 0.1) is 18.7 Å². The van der Waals surface area contributed by atoms with Gasteiger partial charge in [0, 0.05) is 19.2 Å². The Morgan fingerprint density at radius 2 is 1.65 bits per heavy atom. The summed E-state index contributed by atoms with van der Waals surface area (Å²) in [5, 5.41) is 6.09. The summed E-state index contributed by atoms with van der Waals surface area (Å²) in [6.07, 6.45) is -3.18. The van der Waals surface area contributed by atoms with Gasteiger partial charge in [-0.1, -0.05) is 12.1 Å². The Balaban J connectivity index is 1.91. The van der Waals surface area contributed by atoms with E-state index in [1.165, 1.54) is 38.4 Å². The highest BCUT2D eigenvalue weighted by Crippen LogP contribution is 2.33. The van der Waals surface area contributed by atoms with Gasteiger partial charge in [0.2, 0.25) is 5.88 Å². The van der Waals surface area contributed by atoms with Crippen molar-refractivity contribution in [2.75, 3.05) is 7.11 Å². The number of aryl methyl sites for hydroxylation is 1. The van der Waals surface area contributed by atoms with Crippen LogP contribution in [0.5, 0.6) is 11.6 Å². The molecule has 0 aliphatic heterocycles. The zero-order valence-electron chi connectivity index (χ0n) is 18.0. The van der Waals surface area contributed by atoms with Crippen LogP contribution in [0.15, 0.2) is 36.4 Å². The number of amides is 1. The first-order valence-electron chi connectivity index (χ1n) is 9.70. The summed E-state index contributed by atoms with van der Waals surface area (Å²) in [5.74, 6) is -7.55. The predicted octanol–water partition coefficient (Wildman–Crippen LogP) is 4.84. The molecule has 3 rings (SSSR count). The number of aromatic nitrogens is 2. The molecule has 7 nitrogen and oxygen atoms in total. The molecule has 0 fully saturated rings. The number of nitrogens with one attached hydrogen (secondary N) is 1. The molecule has 0 bridgehead atoms. The van der Waals surface area contributed by atoms with E-state index in [-0.39, 0.29) is 5.56 Å². The quantitative estimate of drug-likeness (QED) is 0.295. The van der Waals surface area contributed by atoms with Crippen LogP contribution in [0.1, 0.15) is 51.4 Å². The Kier molecular flexibility index (Phi) is 7.18. The molecule has 0 radical (unpaired) electrons. The minimum atomic E-state index is -3.18. The van der Waals surface area contributed by atoms with Crippen molar-refractivity contribution in [1.82, 2.24) is 15.1 Å². The minimum Gasteiger partial charge on any atom is -0.465 e. The number of alkyl halides is 2. The van der Waals surface area contributed by atoms with Crippen molar-refractivity contribution in [3.8, 4) is 11.6 Å². The first-order chi connectivity index (χ1) is 16.0. The molecule has 0 spiro atoms. The maximum Gasteiger partial charge on any atom is 0.337 e. The lowest BCUT2D eigenvalue weighted by Gasteiger charge is -2.16. The fraction of sp³-hybridized carbons (Fsp3) is 0.227. The van der Waals surface area contributed by atoms with E-state index in [1.54, 1.807) is 6.92 Å². The van der Waals surface area contributed by atoms with Crippen LogP contribution in [-0.2, 0) is 11.8 Å². The second-order valence-corrected chi connectivity index (χ2v) is 7.10. The molecule has 0 aliphatic rings. The normalized spacial score (nSPS) is 11.9. The van der Waals surface area contributed by atoms with Gasteiger partial charge in [0.25, 0.3) is 12.3 Å². The fourth-order valence-electron chi connectivity index (χ4n) is 3.09. The van der Waals surface area contributed by atoms with Crippen LogP contribution in [0.4, 0.5) is 22.0 Å². The summed E-state index contributed by atoms with van der Waals surface area (Å²) >= 11 is 0. The smallest absolute Gasteiger partial charge is 0.337 e. The summed E-state index contributed by atoms with van der Waals surface area (Å²) < 4.78 is 78.2. The number of nitrogens with zero attached hydrogens (tertiary/aromatic N) is 2. The highest BCUT2D eigenvalue weighted by molar-refractivity contribution is 5.98. The zero-order chi connectivity index (χ0) is 25.2. The lowest BCUT2D eigenvalue weighted by atomic mass is 10.1. The van der Waals surface area contributed by atoms with E-state index in [4.69, 9.17) is 4.74 Å². The Hall–Kier alpha value is -3.96. The van der Waals surface area contributed by atoms with Gasteiger partial charge in [0.15, 0.2) is 17.5 Å². The molecule has 3 aromatic rings. The first-order valence-corrected chi connectivity index (χ1v) is 9.70. The largest absolute Gasteiger partial charge is 0.465 e. The lowest BCUT2D eigenvalue weighted by Crippen LogP contribution is -2.27. The van der Waals surface area contributed by atoms with Crippen LogP contribution in [0, 0.1) is 17.5 Å². The van der Waals surface area contributed by atoms with Crippen LogP contribution in [0.25, 0.3) is 0 Å². The lowest BCUT2D eigenvalue weighted by molar-refractivity contribution is 0.0600. The number of methoxy groups -OCH3 is 1. The van der Waals surface area contributed by atoms with E-state index < -0.39 is 64.7 Å². The van der Waals surface area contributed by atoms with Crippen molar-refractivity contribution in [3.05, 3.63) is 76.2 Å². The molecule has 0 unspecified atom stereocenters. The van der Waals surface area contributed by atoms with E-state index >= 15 is 0 Å². The van der Waals surface area contributed by atoms with E-state index in [0.29, 0.717) is 17.7 Å². The third kappa shape index (κ3) is 5.00. The number of halogens is 5. The number of benzene rings is 2. The number of hydrogen-bond donors (Lipinski definition) is 1. The Morgan fingerprint density at radius 3 is 2.18 bits per heavy atom. The summed E-state index contributed by atoms with van der Waals surface area (Å²) in [7, 11) is 2.41. The van der Waals surface area contributed by atoms with Gasteiger partial charge in [-0.3, -0.25) is 4.79 Å². The monoisotopic (exact) mass is 483 g/mol. The summed E-state index contributed by atoms with van der Waals surface area (Å²) in [4.78, 5) is 24.5. The van der Waals surface area contributed by atoms with Crippen molar-refractivity contribution in [2.45, 2.75) is 19.4 Å². The second kappa shape index (κ2) is 9.89. The van der Waals surface area contributed by atoms with Crippen LogP contribution in [-0.4, -0.2) is 28.8 Å². The maximum absolute atomic E-state index is 13.6. The van der Waals surface area contributed by atoms with Gasteiger partial charge in [-0.05, 0) is 24.6 Å². The second-order valence-electron chi connectivity index (χ2n) is 7.10. The third-order valence-corrected chi connectivity index (χ3v) is 4.81. The average Bonchev–Trinajstić information content (AvgIpc) is 3.13. The molecule has 0 aliphatic carbocycles. The summed E-state index contributed by atoms with van der Waals surface area (Å²) in [5.41, 5.74) is -0.785. The molecule has 34 heavy (non-hydrogen) atoms. The summed E-state index contributed by atoms with van der Waals surface area (Å²) in [6.45, 7) is 1.56. The van der Waals surface area contributed by atoms with E-state index in [9.17, 15) is 31.5 Å². The van der Waals surface area contributed by atoms with Crippen LogP contribution in [0.3, 0.4) is 0 Å². The minimum absolute atomic E-state index is 0.270. The predicted molar refractivity (Wildman–Crippen MR) is 108 cm³/mol. The van der Waals surface area contributed by atoms with Gasteiger partial charge < -0.3 is 14.8 Å². The third-order valence-electron chi connectivity index (χ3n) is 4.81. The molecule has 1 aromatic heterocycles. The van der Waals surface area contributed by atoms with Crippen molar-refractivity contribution in [1.29, 1.82) is 0 Å². The van der Waals surface area contributed by atoms with Gasteiger partial charge in [0.1, 0.15) is 17.0 Å². The topological polar surface area (TPSA) is 82.5 Å². The molecule has 2 aromatic carbocycles. The Morgan fingerprint density at radius 1 is 1.06 bits per heavy atom. The van der Waals surface area contributed by atoms with Gasteiger partial charge in [-0.15, -0.1) is 0 Å². The average molecular weight is 483 g/mol. The Bertz CT molecular complexity index is 1210. The molecule has 1 atom stereocenters. The van der Waals surface area contributed by atoms with E-state index in [1.807, 2.05) is 0 Å². The molecule has 1 N–H and O–H groups in total. The van der Waals surface area contributed by atoms with Crippen molar-refractivity contribution >= 4 is 11.9 Å². The van der Waals surface area contributed by atoms with Gasteiger partial charge in [-0.25, -0.2) is 31.4 Å². The van der Waals surface area contributed by atoms with Gasteiger partial charge in [-0.2, -0.15) is 5.10 Å². The molecule has 180 valence electrons. The number of ether oxygens (including phenoxy) is 2. The molecule has 1 amide bonds. The molecule has 0 saturated heterocycles. The van der Waals surface area contributed by atoms with Crippen LogP contribution < -0.4 is 10.1 Å². The van der Waals surface area contributed by atoms with Crippen molar-refractivity contribution in [2.24, 2.45) is 7.05 Å². The van der Waals surface area contributed by atoms with E-state index in [2.05, 4.69) is 15.2 Å². The van der Waals surface area contributed by atoms with Gasteiger partial charge >= 0.3 is 5.97 Å². The molecule has 1 heterocycles. The number of hydrogen-bond acceptors (Lipinski definition) is 5. The Labute approximate surface area is 190 Å². The summed E-state index contributed by atoms with van der Waals surface area (Å²) in [6, 6.07) is 6.29. The SMILES string of the molecule is COC(=O)c1ccc([C@H](C)NC(=O)c2c(C(F)F)nn(C)c2Oc2cc(F)c(F)c(F)c2)cc1. The van der Waals surface area contributed by atoms with Crippen molar-refractivity contribution < 1.29 is 41.0 Å². The number of carbonyl (C=O) groups is 2. The highest BCUT2D eigenvalue weighted by Gasteiger charge is 2.31. The molecule has 12 heteroatoms. The number of carbonyl (C=O) groups excluding carboxylic acids is 2. The standard InChI is InChI=1S/C22H18F5N3O4/c1-10(11-4-6-12(7-5-11)22(32)33-3)28-20(31)16-18(19(26)27)29-30(2)21(16)34-13-8-14(23)17(25)15(24)9-13/h4-10,19H,1-3H3,(H,28,31)/t10-/m0/s1. The molecular weight excluding hydrogens is 465 g/mol. The first kappa shape index (κ1) is 24.7. The van der Waals surface area contributed by atoms with Crippen LogP contribution in [0.2, 0.25) is 0 Å². The fourth-order valence-corrected chi connectivity index (χ4v) is 3.09. The molecule has 0 saturated carbocycles. The van der Waals surface area contributed by atoms with E-state index in [0.717, 1.165) is 4.68 Å². The zero-order valence-corrected chi connectivity index (χ0v) is 18.0. The number of rotatable bonds is 7. The van der Waals surface area contributed by atoms with Crippen molar-refractivity contribution in [3.63, 3.8) is 0 Å². The highest BCUT2D eigenvalue weighted by atomic mass is 19.3. The molecular formula is C22H18F5N3O4. The van der Waals surface area contributed by atoms with Crippen LogP contribution >= 0.6 is 0 Å².